The molecular formula is C18H19N5O4S. The number of hydrogen-bond acceptors (Lipinski definition) is 6. The maximum Gasteiger partial charge on any atom is 0.273 e. The van der Waals surface area contributed by atoms with Gasteiger partial charge in [0.15, 0.2) is 5.82 Å². The molecule has 0 radical (unpaired) electrons. The number of aromatic amines is 1. The van der Waals surface area contributed by atoms with Crippen LogP contribution in [0.3, 0.4) is 0 Å². The zero-order chi connectivity index (χ0) is 20.5. The number of anilines is 1. The lowest BCUT2D eigenvalue weighted by Crippen LogP contribution is -2.14. The summed E-state index contributed by atoms with van der Waals surface area (Å²) in [5, 5.41) is 18.1. The molecular weight excluding hydrogens is 382 g/mol. The van der Waals surface area contributed by atoms with Crippen molar-refractivity contribution in [3.63, 3.8) is 0 Å². The molecule has 28 heavy (non-hydrogen) atoms. The van der Waals surface area contributed by atoms with Crippen LogP contribution in [-0.4, -0.2) is 28.5 Å². The average Bonchev–Trinajstić information content (AvgIpc) is 3.12. The number of nitro groups is 1. The minimum atomic E-state index is -4.05. The summed E-state index contributed by atoms with van der Waals surface area (Å²) in [5.74, 6) is 1.18. The molecule has 0 saturated heterocycles. The molecule has 0 saturated carbocycles. The number of aryl methyl sites for hydroxylation is 1. The van der Waals surface area contributed by atoms with Gasteiger partial charge in [-0.3, -0.25) is 19.9 Å². The van der Waals surface area contributed by atoms with E-state index in [2.05, 4.69) is 19.9 Å². The Labute approximate surface area is 162 Å². The van der Waals surface area contributed by atoms with Crippen LogP contribution in [0.5, 0.6) is 0 Å². The predicted molar refractivity (Wildman–Crippen MR) is 105 cm³/mol. The van der Waals surface area contributed by atoms with E-state index in [-0.39, 0.29) is 22.2 Å². The fraction of sp³-hybridized carbons (Fsp3) is 0.222. The highest BCUT2D eigenvalue weighted by molar-refractivity contribution is 7.92. The van der Waals surface area contributed by atoms with E-state index in [1.54, 1.807) is 31.2 Å². The quantitative estimate of drug-likeness (QED) is 0.479. The summed E-state index contributed by atoms with van der Waals surface area (Å²) in [7, 11) is -4.05. The van der Waals surface area contributed by atoms with Crippen molar-refractivity contribution in [2.75, 3.05) is 4.72 Å². The summed E-state index contributed by atoms with van der Waals surface area (Å²) < 4.78 is 28.1. The Kier molecular flexibility index (Phi) is 5.14. The second kappa shape index (κ2) is 7.39. The first kappa shape index (κ1) is 19.5. The van der Waals surface area contributed by atoms with Gasteiger partial charge in [-0.25, -0.2) is 13.4 Å². The molecule has 1 heterocycles. The van der Waals surface area contributed by atoms with Crippen molar-refractivity contribution in [3.05, 3.63) is 64.0 Å². The third-order valence-corrected chi connectivity index (χ3v) is 5.51. The first-order chi connectivity index (χ1) is 13.2. The van der Waals surface area contributed by atoms with Crippen molar-refractivity contribution in [2.24, 2.45) is 0 Å². The van der Waals surface area contributed by atoms with Crippen LogP contribution >= 0.6 is 0 Å². The van der Waals surface area contributed by atoms with E-state index in [0.29, 0.717) is 22.8 Å². The fourth-order valence-electron chi connectivity index (χ4n) is 2.58. The summed E-state index contributed by atoms with van der Waals surface area (Å²) in [5.41, 5.74) is 0.897. The summed E-state index contributed by atoms with van der Waals surface area (Å²) in [6.45, 7) is 5.47. The Morgan fingerprint density at radius 1 is 1.18 bits per heavy atom. The summed E-state index contributed by atoms with van der Waals surface area (Å²) >= 11 is 0. The predicted octanol–water partition coefficient (Wildman–Crippen LogP) is 3.61. The molecule has 2 aromatic carbocycles. The fourth-order valence-corrected chi connectivity index (χ4v) is 3.68. The van der Waals surface area contributed by atoms with E-state index < -0.39 is 14.9 Å². The summed E-state index contributed by atoms with van der Waals surface area (Å²) in [4.78, 5) is 14.7. The SMILES string of the molecule is Cc1ccc(S(=O)(=O)Nc2ccccc2-c2n[nH]c(C(C)C)n2)cc1[N+](=O)[O-]. The van der Waals surface area contributed by atoms with Gasteiger partial charge in [0.05, 0.1) is 15.5 Å². The molecule has 1 aromatic heterocycles. The second-order valence-electron chi connectivity index (χ2n) is 6.56. The first-order valence-corrected chi connectivity index (χ1v) is 9.97. The third kappa shape index (κ3) is 3.86. The topological polar surface area (TPSA) is 131 Å². The maximum absolute atomic E-state index is 12.8. The van der Waals surface area contributed by atoms with Crippen LogP contribution in [-0.2, 0) is 10.0 Å². The Morgan fingerprint density at radius 3 is 2.54 bits per heavy atom. The number of sulfonamides is 1. The van der Waals surface area contributed by atoms with E-state index in [0.717, 1.165) is 6.07 Å². The van der Waals surface area contributed by atoms with Crippen molar-refractivity contribution in [1.82, 2.24) is 15.2 Å². The van der Waals surface area contributed by atoms with Crippen molar-refractivity contribution in [1.29, 1.82) is 0 Å². The second-order valence-corrected chi connectivity index (χ2v) is 8.24. The minimum Gasteiger partial charge on any atom is -0.279 e. The van der Waals surface area contributed by atoms with Gasteiger partial charge in [-0.15, -0.1) is 0 Å². The van der Waals surface area contributed by atoms with E-state index >= 15 is 0 Å². The number of nitrogens with zero attached hydrogens (tertiary/aromatic N) is 3. The molecule has 0 spiro atoms. The number of benzene rings is 2. The molecule has 3 aromatic rings. The molecule has 2 N–H and O–H groups in total. The molecule has 0 aliphatic carbocycles. The van der Waals surface area contributed by atoms with E-state index in [1.807, 2.05) is 13.8 Å². The van der Waals surface area contributed by atoms with Crippen molar-refractivity contribution in [3.8, 4) is 11.4 Å². The molecule has 0 unspecified atom stereocenters. The van der Waals surface area contributed by atoms with Crippen LogP contribution < -0.4 is 4.72 Å². The van der Waals surface area contributed by atoms with E-state index in [1.165, 1.54) is 12.1 Å². The smallest absolute Gasteiger partial charge is 0.273 e. The Bertz CT molecular complexity index is 1140. The van der Waals surface area contributed by atoms with Crippen LogP contribution in [0.25, 0.3) is 11.4 Å². The molecule has 10 heteroatoms. The lowest BCUT2D eigenvalue weighted by Gasteiger charge is -2.11. The van der Waals surface area contributed by atoms with Crippen LogP contribution in [0.2, 0.25) is 0 Å². The van der Waals surface area contributed by atoms with Gasteiger partial charge in [-0.05, 0) is 25.1 Å². The highest BCUT2D eigenvalue weighted by atomic mass is 32.2. The third-order valence-electron chi connectivity index (χ3n) is 4.15. The van der Waals surface area contributed by atoms with Crippen molar-refractivity contribution in [2.45, 2.75) is 31.6 Å². The van der Waals surface area contributed by atoms with Gasteiger partial charge in [-0.1, -0.05) is 32.0 Å². The van der Waals surface area contributed by atoms with Gasteiger partial charge < -0.3 is 0 Å². The van der Waals surface area contributed by atoms with Gasteiger partial charge in [0.2, 0.25) is 0 Å². The first-order valence-electron chi connectivity index (χ1n) is 8.48. The van der Waals surface area contributed by atoms with Crippen molar-refractivity contribution >= 4 is 21.4 Å². The van der Waals surface area contributed by atoms with E-state index in [4.69, 9.17) is 0 Å². The average molecular weight is 401 g/mol. The number of nitro benzene ring substituents is 1. The van der Waals surface area contributed by atoms with Crippen LogP contribution in [0.15, 0.2) is 47.4 Å². The molecule has 0 aliphatic rings. The van der Waals surface area contributed by atoms with Crippen LogP contribution in [0, 0.1) is 17.0 Å². The van der Waals surface area contributed by atoms with E-state index in [9.17, 15) is 18.5 Å². The zero-order valence-electron chi connectivity index (χ0n) is 15.5. The molecule has 0 aliphatic heterocycles. The zero-order valence-corrected chi connectivity index (χ0v) is 16.3. The minimum absolute atomic E-state index is 0.137. The van der Waals surface area contributed by atoms with Crippen molar-refractivity contribution < 1.29 is 13.3 Å². The van der Waals surface area contributed by atoms with Gasteiger partial charge in [0.1, 0.15) is 5.82 Å². The number of hydrogen-bond donors (Lipinski definition) is 2. The molecule has 0 atom stereocenters. The van der Waals surface area contributed by atoms with Gasteiger partial charge in [0.25, 0.3) is 15.7 Å². The Hall–Kier alpha value is -3.27. The summed E-state index contributed by atoms with van der Waals surface area (Å²) in [6.07, 6.45) is 0. The molecule has 146 valence electrons. The number of rotatable bonds is 6. The lowest BCUT2D eigenvalue weighted by atomic mass is 10.1. The molecule has 3 rings (SSSR count). The number of aromatic nitrogens is 3. The van der Waals surface area contributed by atoms with Gasteiger partial charge in [-0.2, -0.15) is 5.10 Å². The Balaban J connectivity index is 2.00. The molecule has 9 nitrogen and oxygen atoms in total. The van der Waals surface area contributed by atoms with Crippen LogP contribution in [0.4, 0.5) is 11.4 Å². The largest absolute Gasteiger partial charge is 0.279 e. The standard InChI is InChI=1S/C18H19N5O4S/c1-11(2)17-19-18(21-20-17)14-6-4-5-7-15(14)22-28(26,27)13-9-8-12(3)16(10-13)23(24)25/h4-11,22H,1-3H3,(H,19,20,21). The molecule has 0 fully saturated rings. The monoisotopic (exact) mass is 401 g/mol. The number of para-hydroxylation sites is 1. The highest BCUT2D eigenvalue weighted by Gasteiger charge is 2.22. The lowest BCUT2D eigenvalue weighted by molar-refractivity contribution is -0.385. The highest BCUT2D eigenvalue weighted by Crippen LogP contribution is 2.29. The normalized spacial score (nSPS) is 11.6. The summed E-state index contributed by atoms with van der Waals surface area (Å²) in [6, 6.07) is 10.5. The van der Waals surface area contributed by atoms with Gasteiger partial charge in [0, 0.05) is 23.1 Å². The Morgan fingerprint density at radius 2 is 1.89 bits per heavy atom. The van der Waals surface area contributed by atoms with Crippen LogP contribution in [0.1, 0.15) is 31.2 Å². The van der Waals surface area contributed by atoms with Gasteiger partial charge >= 0.3 is 0 Å². The number of H-pyrrole nitrogens is 1. The molecule has 0 bridgehead atoms. The molecule has 0 amide bonds. The number of nitrogens with one attached hydrogen (secondary N) is 2. The maximum atomic E-state index is 12.8.